The zero-order valence-electron chi connectivity index (χ0n) is 16.0. The van der Waals surface area contributed by atoms with E-state index in [2.05, 4.69) is 55.5 Å². The highest BCUT2D eigenvalue weighted by Crippen LogP contribution is 2.31. The summed E-state index contributed by atoms with van der Waals surface area (Å²) in [5.74, 6) is 1.02. The fourth-order valence-corrected chi connectivity index (χ4v) is 4.18. The maximum absolute atomic E-state index is 10.8. The molecule has 1 aliphatic rings. The van der Waals surface area contributed by atoms with Crippen LogP contribution in [-0.4, -0.2) is 45.7 Å². The number of nitrogens with zero attached hydrogens (tertiary/aromatic N) is 4. The van der Waals surface area contributed by atoms with E-state index in [9.17, 15) is 4.79 Å². The highest BCUT2D eigenvalue weighted by Gasteiger charge is 2.22. The van der Waals surface area contributed by atoms with Crippen LogP contribution in [0.1, 0.15) is 30.7 Å². The monoisotopic (exact) mass is 409 g/mol. The van der Waals surface area contributed by atoms with Crippen LogP contribution in [0.2, 0.25) is 0 Å². The number of carbonyl (C=O) groups is 1. The summed E-state index contributed by atoms with van der Waals surface area (Å²) in [6, 6.07) is 12.6. The van der Waals surface area contributed by atoms with E-state index >= 15 is 0 Å². The summed E-state index contributed by atoms with van der Waals surface area (Å²) in [6.45, 7) is 2.12. The number of carboxylic acid groups (broad SMARTS) is 1. The summed E-state index contributed by atoms with van der Waals surface area (Å²) >= 11 is 1.52. The van der Waals surface area contributed by atoms with Gasteiger partial charge in [-0.2, -0.15) is 4.98 Å². The largest absolute Gasteiger partial charge is 0.481 e. The summed E-state index contributed by atoms with van der Waals surface area (Å²) in [6.07, 6.45) is 3.91. The molecule has 0 radical (unpaired) electrons. The predicted octanol–water partition coefficient (Wildman–Crippen LogP) is 3.87. The van der Waals surface area contributed by atoms with Gasteiger partial charge in [-0.1, -0.05) is 30.3 Å². The lowest BCUT2D eigenvalue weighted by atomic mass is 9.89. The van der Waals surface area contributed by atoms with Crippen molar-refractivity contribution in [3.8, 4) is 10.7 Å². The molecule has 4 rings (SSSR count). The van der Waals surface area contributed by atoms with Crippen molar-refractivity contribution in [3.05, 3.63) is 53.5 Å². The van der Waals surface area contributed by atoms with Gasteiger partial charge in [-0.25, -0.2) is 9.97 Å². The van der Waals surface area contributed by atoms with Gasteiger partial charge in [0.1, 0.15) is 16.5 Å². The number of anilines is 2. The Morgan fingerprint density at radius 2 is 2.00 bits per heavy atom. The van der Waals surface area contributed by atoms with Crippen LogP contribution >= 0.6 is 11.3 Å². The van der Waals surface area contributed by atoms with Crippen LogP contribution in [0.4, 0.5) is 11.8 Å². The van der Waals surface area contributed by atoms with E-state index in [4.69, 9.17) is 5.11 Å². The van der Waals surface area contributed by atoms with Crippen LogP contribution in [0.5, 0.6) is 0 Å². The third kappa shape index (κ3) is 4.89. The Morgan fingerprint density at radius 1 is 1.21 bits per heavy atom. The Hall–Kier alpha value is -3.00. The molecule has 1 aliphatic heterocycles. The molecule has 2 aromatic heterocycles. The molecule has 3 heterocycles. The van der Waals surface area contributed by atoms with Gasteiger partial charge in [-0.15, -0.1) is 11.3 Å². The first kappa shape index (κ1) is 19.3. The number of hydrogen-bond donors (Lipinski definition) is 2. The molecular formula is C21H23N5O2S. The average Bonchev–Trinajstić information content (AvgIpc) is 3.29. The molecular weight excluding hydrogens is 386 g/mol. The van der Waals surface area contributed by atoms with Crippen molar-refractivity contribution in [2.75, 3.05) is 29.9 Å². The lowest BCUT2D eigenvalue weighted by molar-refractivity contribution is -0.136. The van der Waals surface area contributed by atoms with Crippen molar-refractivity contribution in [3.63, 3.8) is 0 Å². The zero-order valence-corrected chi connectivity index (χ0v) is 16.8. The number of aromatic nitrogens is 3. The highest BCUT2D eigenvalue weighted by molar-refractivity contribution is 7.13. The molecule has 0 amide bonds. The molecule has 0 atom stereocenters. The molecule has 0 unspecified atom stereocenters. The van der Waals surface area contributed by atoms with Gasteiger partial charge >= 0.3 is 5.97 Å². The lowest BCUT2D eigenvalue weighted by Crippen LogP contribution is -2.33. The third-order valence-electron chi connectivity index (χ3n) is 5.08. The molecule has 29 heavy (non-hydrogen) atoms. The Bertz CT molecular complexity index is 941. The normalized spacial score (nSPS) is 14.7. The fourth-order valence-electron chi connectivity index (χ4n) is 3.58. The smallest absolute Gasteiger partial charge is 0.305 e. The number of carboxylic acids is 1. The van der Waals surface area contributed by atoms with E-state index in [1.54, 1.807) is 6.20 Å². The number of nitrogens with one attached hydrogen (secondary N) is 1. The molecule has 0 aliphatic carbocycles. The number of aliphatic carboxylic acids is 1. The van der Waals surface area contributed by atoms with Crippen LogP contribution < -0.4 is 10.2 Å². The van der Waals surface area contributed by atoms with Crippen LogP contribution in [0, 0.1) is 0 Å². The first-order chi connectivity index (χ1) is 14.2. The minimum absolute atomic E-state index is 0.0165. The Kier molecular flexibility index (Phi) is 6.00. The Labute approximate surface area is 173 Å². The van der Waals surface area contributed by atoms with Gasteiger partial charge in [0, 0.05) is 37.3 Å². The van der Waals surface area contributed by atoms with Crippen LogP contribution in [0.25, 0.3) is 10.7 Å². The van der Waals surface area contributed by atoms with Gasteiger partial charge in [0.05, 0.1) is 6.42 Å². The van der Waals surface area contributed by atoms with Crippen LogP contribution in [0.3, 0.4) is 0 Å². The van der Waals surface area contributed by atoms with Crippen molar-refractivity contribution < 1.29 is 9.90 Å². The summed E-state index contributed by atoms with van der Waals surface area (Å²) in [7, 11) is 0. The summed E-state index contributed by atoms with van der Waals surface area (Å²) in [5.41, 5.74) is 2.15. The second-order valence-corrected chi connectivity index (χ2v) is 7.91. The molecule has 0 bridgehead atoms. The van der Waals surface area contributed by atoms with Crippen molar-refractivity contribution in [1.82, 2.24) is 15.0 Å². The summed E-state index contributed by atoms with van der Waals surface area (Å²) in [4.78, 5) is 26.6. The van der Waals surface area contributed by atoms with E-state index < -0.39 is 5.97 Å². The SMILES string of the molecule is O=C(O)CCNc1nc(-c2nccs2)cc(N2CCC(c3ccccc3)CC2)n1. The number of piperidine rings is 1. The van der Waals surface area contributed by atoms with Gasteiger partial charge in [0.15, 0.2) is 0 Å². The first-order valence-corrected chi connectivity index (χ1v) is 10.6. The van der Waals surface area contributed by atoms with Gasteiger partial charge in [-0.05, 0) is 24.3 Å². The van der Waals surface area contributed by atoms with Gasteiger partial charge in [-0.3, -0.25) is 4.79 Å². The van der Waals surface area contributed by atoms with Gasteiger partial charge < -0.3 is 15.3 Å². The topological polar surface area (TPSA) is 91.2 Å². The second-order valence-electron chi connectivity index (χ2n) is 7.01. The minimum Gasteiger partial charge on any atom is -0.481 e. The molecule has 150 valence electrons. The van der Waals surface area contributed by atoms with E-state index in [1.165, 1.54) is 16.9 Å². The van der Waals surface area contributed by atoms with Gasteiger partial charge in [0.2, 0.25) is 5.95 Å². The van der Waals surface area contributed by atoms with Crippen LogP contribution in [0.15, 0.2) is 48.0 Å². The molecule has 1 saturated heterocycles. The maximum atomic E-state index is 10.8. The molecule has 1 aromatic carbocycles. The Balaban J connectivity index is 1.51. The van der Waals surface area contributed by atoms with Crippen LogP contribution in [-0.2, 0) is 4.79 Å². The summed E-state index contributed by atoms with van der Waals surface area (Å²) in [5, 5.41) is 14.7. The van der Waals surface area contributed by atoms with Crippen molar-refractivity contribution in [2.45, 2.75) is 25.2 Å². The van der Waals surface area contributed by atoms with E-state index in [1.807, 2.05) is 11.4 Å². The minimum atomic E-state index is -0.850. The second kappa shape index (κ2) is 9.00. The fraction of sp³-hybridized carbons (Fsp3) is 0.333. The molecule has 0 spiro atoms. The molecule has 7 nitrogen and oxygen atoms in total. The number of benzene rings is 1. The maximum Gasteiger partial charge on any atom is 0.305 e. The standard InChI is InChI=1S/C21H23N5O2S/c27-19(28)6-9-23-21-24-17(20-22-10-13-29-20)14-18(25-21)26-11-7-16(8-12-26)15-4-2-1-3-5-15/h1-5,10,13-14,16H,6-9,11-12H2,(H,27,28)(H,23,24,25). The Morgan fingerprint density at radius 3 is 2.69 bits per heavy atom. The molecule has 0 saturated carbocycles. The summed E-state index contributed by atoms with van der Waals surface area (Å²) < 4.78 is 0. The lowest BCUT2D eigenvalue weighted by Gasteiger charge is -2.33. The molecule has 2 N–H and O–H groups in total. The zero-order chi connectivity index (χ0) is 20.1. The number of rotatable bonds is 7. The van der Waals surface area contributed by atoms with Crippen molar-refractivity contribution in [1.29, 1.82) is 0 Å². The molecule has 1 fully saturated rings. The van der Waals surface area contributed by atoms with Gasteiger partial charge in [0.25, 0.3) is 0 Å². The third-order valence-corrected chi connectivity index (χ3v) is 5.87. The van der Waals surface area contributed by atoms with Crippen molar-refractivity contribution in [2.24, 2.45) is 0 Å². The average molecular weight is 410 g/mol. The highest BCUT2D eigenvalue weighted by atomic mass is 32.1. The molecule has 3 aromatic rings. The first-order valence-electron chi connectivity index (χ1n) is 9.73. The predicted molar refractivity (Wildman–Crippen MR) is 115 cm³/mol. The van der Waals surface area contributed by atoms with E-state index in [0.717, 1.165) is 42.5 Å². The van der Waals surface area contributed by atoms with E-state index in [-0.39, 0.29) is 13.0 Å². The van der Waals surface area contributed by atoms with Crippen molar-refractivity contribution >= 4 is 29.1 Å². The number of hydrogen-bond acceptors (Lipinski definition) is 7. The quantitative estimate of drug-likeness (QED) is 0.612. The number of thiazole rings is 1. The van der Waals surface area contributed by atoms with E-state index in [0.29, 0.717) is 11.9 Å². The molecule has 8 heteroatoms.